The van der Waals surface area contributed by atoms with E-state index in [-0.39, 0.29) is 31.8 Å². The van der Waals surface area contributed by atoms with Crippen molar-refractivity contribution in [2.75, 3.05) is 19.7 Å². The maximum absolute atomic E-state index is 13.7. The lowest BCUT2D eigenvalue weighted by atomic mass is 9.99. The van der Waals surface area contributed by atoms with Gasteiger partial charge in [0.1, 0.15) is 31.3 Å². The van der Waals surface area contributed by atoms with Gasteiger partial charge in [-0.05, 0) is 36.0 Å². The molecular formula is C35H38N4O7. The predicted octanol–water partition coefficient (Wildman–Crippen LogP) is 2.33. The van der Waals surface area contributed by atoms with Crippen LogP contribution in [0, 0.1) is 0 Å². The Labute approximate surface area is 267 Å². The molecule has 5 rings (SSSR count). The van der Waals surface area contributed by atoms with Gasteiger partial charge in [-0.25, -0.2) is 4.79 Å². The molecular weight excluding hydrogens is 588 g/mol. The molecule has 4 unspecified atom stereocenters. The Kier molecular flexibility index (Phi) is 11.1. The summed E-state index contributed by atoms with van der Waals surface area (Å²) in [5.74, 6) is -1.64. The highest BCUT2D eigenvalue weighted by molar-refractivity contribution is 5.97. The molecule has 0 spiro atoms. The first-order valence-electron chi connectivity index (χ1n) is 15.5. The van der Waals surface area contributed by atoms with Gasteiger partial charge < -0.3 is 30.3 Å². The van der Waals surface area contributed by atoms with Crippen molar-refractivity contribution in [1.29, 1.82) is 0 Å². The topological polar surface area (TPSA) is 146 Å². The molecule has 2 aliphatic heterocycles. The van der Waals surface area contributed by atoms with Gasteiger partial charge in [-0.3, -0.25) is 19.2 Å². The van der Waals surface area contributed by atoms with E-state index >= 15 is 0 Å². The smallest absolute Gasteiger partial charge is 0.407 e. The van der Waals surface area contributed by atoms with Crippen molar-refractivity contribution in [2.24, 2.45) is 0 Å². The molecule has 240 valence electrons. The van der Waals surface area contributed by atoms with Gasteiger partial charge in [0.25, 0.3) is 0 Å². The first-order valence-corrected chi connectivity index (χ1v) is 15.5. The minimum atomic E-state index is -1.01. The number of benzene rings is 3. The van der Waals surface area contributed by atoms with Gasteiger partial charge in [0.2, 0.25) is 17.7 Å². The Morgan fingerprint density at radius 1 is 0.783 bits per heavy atom. The van der Waals surface area contributed by atoms with Crippen LogP contribution in [0.2, 0.25) is 0 Å². The largest absolute Gasteiger partial charge is 0.445 e. The fourth-order valence-electron chi connectivity index (χ4n) is 5.47. The van der Waals surface area contributed by atoms with Crippen molar-refractivity contribution in [3.05, 3.63) is 108 Å². The minimum absolute atomic E-state index is 0.0615. The van der Waals surface area contributed by atoms with Crippen LogP contribution in [0.3, 0.4) is 0 Å². The zero-order valence-corrected chi connectivity index (χ0v) is 25.4. The van der Waals surface area contributed by atoms with E-state index in [1.54, 1.807) is 0 Å². The summed E-state index contributed by atoms with van der Waals surface area (Å²) in [6, 6.07) is 25.1. The zero-order chi connectivity index (χ0) is 32.3. The molecule has 0 aliphatic carbocycles. The van der Waals surface area contributed by atoms with Gasteiger partial charge in [0.05, 0.1) is 12.6 Å². The van der Waals surface area contributed by atoms with Crippen LogP contribution in [0.15, 0.2) is 91.0 Å². The monoisotopic (exact) mass is 626 g/mol. The molecule has 0 aromatic heterocycles. The number of rotatable bonds is 14. The molecule has 0 radical (unpaired) electrons. The van der Waals surface area contributed by atoms with Gasteiger partial charge in [-0.15, -0.1) is 0 Å². The van der Waals surface area contributed by atoms with Crippen molar-refractivity contribution in [1.82, 2.24) is 20.9 Å². The van der Waals surface area contributed by atoms with Crippen molar-refractivity contribution in [3.63, 3.8) is 0 Å². The molecule has 4 amide bonds. The van der Waals surface area contributed by atoms with Crippen molar-refractivity contribution in [3.8, 4) is 0 Å². The second-order valence-electron chi connectivity index (χ2n) is 11.4. The van der Waals surface area contributed by atoms with Gasteiger partial charge in [-0.2, -0.15) is 0 Å². The SMILES string of the molecule is O=C(NCC(=O)N1CCCC1C(=O)NC(Cc1ccccc1)C(=O)NC(Cc1ccccc1)C(=O)C1CO1)OCc1ccccc1. The van der Waals surface area contributed by atoms with Crippen LogP contribution < -0.4 is 16.0 Å². The van der Waals surface area contributed by atoms with E-state index in [0.717, 1.165) is 16.7 Å². The number of nitrogens with zero attached hydrogens (tertiary/aromatic N) is 1. The summed E-state index contributed by atoms with van der Waals surface area (Å²) in [6.07, 6.45) is 0.159. The quantitative estimate of drug-likeness (QED) is 0.233. The van der Waals surface area contributed by atoms with Crippen LogP contribution >= 0.6 is 0 Å². The Bertz CT molecular complexity index is 1500. The summed E-state index contributed by atoms with van der Waals surface area (Å²) >= 11 is 0. The summed E-state index contributed by atoms with van der Waals surface area (Å²) in [4.78, 5) is 67.1. The zero-order valence-electron chi connectivity index (χ0n) is 25.4. The number of hydrogen-bond donors (Lipinski definition) is 3. The molecule has 46 heavy (non-hydrogen) atoms. The third kappa shape index (κ3) is 9.24. The molecule has 2 saturated heterocycles. The number of epoxide rings is 1. The molecule has 2 heterocycles. The highest BCUT2D eigenvalue weighted by Crippen LogP contribution is 2.19. The molecule has 2 fully saturated rings. The first-order chi connectivity index (χ1) is 22.4. The summed E-state index contributed by atoms with van der Waals surface area (Å²) in [5, 5.41) is 8.17. The van der Waals surface area contributed by atoms with Gasteiger partial charge in [0, 0.05) is 13.0 Å². The number of Topliss-reactive ketones (excluding diaryl/α,β-unsaturated/α-hetero) is 1. The second-order valence-corrected chi connectivity index (χ2v) is 11.4. The molecule has 11 heteroatoms. The molecule has 4 atom stereocenters. The van der Waals surface area contributed by atoms with E-state index in [1.165, 1.54) is 4.90 Å². The second kappa shape index (κ2) is 15.8. The van der Waals surface area contributed by atoms with E-state index in [4.69, 9.17) is 9.47 Å². The van der Waals surface area contributed by atoms with E-state index in [9.17, 15) is 24.0 Å². The lowest BCUT2D eigenvalue weighted by molar-refractivity contribution is -0.139. The lowest BCUT2D eigenvalue weighted by Crippen LogP contribution is -2.57. The van der Waals surface area contributed by atoms with Crippen LogP contribution in [0.25, 0.3) is 0 Å². The number of nitrogens with one attached hydrogen (secondary N) is 3. The molecule has 3 N–H and O–H groups in total. The number of carbonyl (C=O) groups excluding carboxylic acids is 5. The Morgan fingerprint density at radius 3 is 1.93 bits per heavy atom. The highest BCUT2D eigenvalue weighted by Gasteiger charge is 2.39. The number of hydrogen-bond acceptors (Lipinski definition) is 7. The van der Waals surface area contributed by atoms with Crippen LogP contribution in [0.1, 0.15) is 29.5 Å². The van der Waals surface area contributed by atoms with Crippen molar-refractivity contribution in [2.45, 2.75) is 56.5 Å². The number of ether oxygens (including phenoxy) is 2. The Hall–Kier alpha value is -5.03. The number of amides is 4. The van der Waals surface area contributed by atoms with Crippen molar-refractivity contribution < 1.29 is 33.4 Å². The minimum Gasteiger partial charge on any atom is -0.445 e. The fourth-order valence-corrected chi connectivity index (χ4v) is 5.47. The molecule has 0 saturated carbocycles. The number of alkyl carbamates (subject to hydrolysis) is 1. The van der Waals surface area contributed by atoms with E-state index in [1.807, 2.05) is 91.0 Å². The summed E-state index contributed by atoms with van der Waals surface area (Å²) in [7, 11) is 0. The van der Waals surface area contributed by atoms with Crippen LogP contribution in [0.5, 0.6) is 0 Å². The first kappa shape index (κ1) is 32.4. The van der Waals surface area contributed by atoms with Crippen LogP contribution in [-0.2, 0) is 48.1 Å². The van der Waals surface area contributed by atoms with Gasteiger partial charge >= 0.3 is 6.09 Å². The summed E-state index contributed by atoms with van der Waals surface area (Å²) in [6.45, 7) is 0.376. The number of carbonyl (C=O) groups is 5. The summed E-state index contributed by atoms with van der Waals surface area (Å²) in [5.41, 5.74) is 2.51. The van der Waals surface area contributed by atoms with Gasteiger partial charge in [0.15, 0.2) is 5.78 Å². The van der Waals surface area contributed by atoms with Crippen LogP contribution in [-0.4, -0.2) is 78.4 Å². The van der Waals surface area contributed by atoms with E-state index in [2.05, 4.69) is 16.0 Å². The predicted molar refractivity (Wildman–Crippen MR) is 168 cm³/mol. The third-order valence-corrected chi connectivity index (χ3v) is 7.98. The van der Waals surface area contributed by atoms with E-state index in [0.29, 0.717) is 26.0 Å². The van der Waals surface area contributed by atoms with Gasteiger partial charge in [-0.1, -0.05) is 91.0 Å². The maximum atomic E-state index is 13.7. The average molecular weight is 627 g/mol. The Morgan fingerprint density at radius 2 is 1.35 bits per heavy atom. The van der Waals surface area contributed by atoms with E-state index < -0.39 is 48.0 Å². The standard InChI is InChI=1S/C35H38N4O7/c40-31(21-36-35(44)46-22-26-15-8-3-9-16-26)39-18-10-17-29(39)34(43)38-28(20-25-13-6-2-7-14-25)33(42)37-27(32(41)30-23-45-30)19-24-11-4-1-5-12-24/h1-9,11-16,27-30H,10,17-23H2,(H,36,44)(H,37,42)(H,38,43). The highest BCUT2D eigenvalue weighted by atomic mass is 16.6. The Balaban J connectivity index is 1.22. The average Bonchev–Trinajstić information content (AvgIpc) is 3.82. The normalized spacial score (nSPS) is 18.1. The molecule has 0 bridgehead atoms. The maximum Gasteiger partial charge on any atom is 0.407 e. The molecule has 2 aliphatic rings. The van der Waals surface area contributed by atoms with Crippen molar-refractivity contribution >= 4 is 29.6 Å². The molecule has 3 aromatic rings. The van der Waals surface area contributed by atoms with Crippen LogP contribution in [0.4, 0.5) is 4.79 Å². The fraction of sp³-hybridized carbons (Fsp3) is 0.343. The third-order valence-electron chi connectivity index (χ3n) is 7.98. The number of likely N-dealkylation sites (tertiary alicyclic amines) is 1. The molecule has 3 aromatic carbocycles. The lowest BCUT2D eigenvalue weighted by Gasteiger charge is -2.27. The summed E-state index contributed by atoms with van der Waals surface area (Å²) < 4.78 is 10.4. The number of ketones is 1. The molecule has 11 nitrogen and oxygen atoms in total.